The normalized spacial score (nSPS) is 13.3. The Morgan fingerprint density at radius 3 is 2.82 bits per heavy atom. The van der Waals surface area contributed by atoms with Gasteiger partial charge in [0.15, 0.2) is 6.29 Å². The Hall–Kier alpha value is -2.55. The molecule has 0 radical (unpaired) electrons. The summed E-state index contributed by atoms with van der Waals surface area (Å²) in [4.78, 5) is 11.5. The van der Waals surface area contributed by atoms with Crippen LogP contribution >= 0.6 is 0 Å². The Balaban J connectivity index is 1.67. The lowest BCUT2D eigenvalue weighted by molar-refractivity contribution is 0.112. The first-order valence-corrected chi connectivity index (χ1v) is 7.64. The molecule has 0 atom stereocenters. The van der Waals surface area contributed by atoms with Crippen molar-refractivity contribution in [2.75, 3.05) is 0 Å². The molecule has 0 amide bonds. The van der Waals surface area contributed by atoms with Crippen LogP contribution in [0.4, 0.5) is 0 Å². The molecule has 2 aromatic carbocycles. The average Bonchev–Trinajstić information content (AvgIpc) is 3.14. The first-order chi connectivity index (χ1) is 10.9. The highest BCUT2D eigenvalue weighted by molar-refractivity contribution is 6.00. The molecule has 0 spiro atoms. The van der Waals surface area contributed by atoms with Crippen LogP contribution in [0.5, 0.6) is 5.75 Å². The molecule has 3 aromatic rings. The summed E-state index contributed by atoms with van der Waals surface area (Å²) in [5.74, 6) is 0.809. The summed E-state index contributed by atoms with van der Waals surface area (Å²) in [5, 5.41) is 1.01. The maximum atomic E-state index is 11.5. The number of aldehydes is 1. The van der Waals surface area contributed by atoms with Crippen LogP contribution in [0, 0.1) is 0 Å². The molecule has 1 aliphatic rings. The first kappa shape index (κ1) is 13.1. The summed E-state index contributed by atoms with van der Waals surface area (Å²) in [5.41, 5.74) is 4.28. The molecule has 0 saturated carbocycles. The molecule has 0 N–H and O–H groups in total. The monoisotopic (exact) mass is 291 g/mol. The van der Waals surface area contributed by atoms with E-state index >= 15 is 0 Å². The third kappa shape index (κ3) is 2.10. The van der Waals surface area contributed by atoms with Crippen LogP contribution in [-0.4, -0.2) is 10.9 Å². The largest absolute Gasteiger partial charge is 0.489 e. The summed E-state index contributed by atoms with van der Waals surface area (Å²) in [6.45, 7) is 1.54. The Labute approximate surface area is 129 Å². The molecule has 3 heteroatoms. The quantitative estimate of drug-likeness (QED) is 0.681. The predicted molar refractivity (Wildman–Crippen MR) is 86.4 cm³/mol. The number of benzene rings is 2. The number of aromatic nitrogens is 1. The van der Waals surface area contributed by atoms with Crippen LogP contribution in [0.1, 0.15) is 28.0 Å². The third-order valence-corrected chi connectivity index (χ3v) is 4.35. The summed E-state index contributed by atoms with van der Waals surface area (Å²) in [7, 11) is 0. The van der Waals surface area contributed by atoms with E-state index in [4.69, 9.17) is 4.74 Å². The second-order valence-corrected chi connectivity index (χ2v) is 5.69. The minimum absolute atomic E-state index is 0.538. The first-order valence-electron chi connectivity index (χ1n) is 7.64. The van der Waals surface area contributed by atoms with Crippen LogP contribution in [0.3, 0.4) is 0 Å². The van der Waals surface area contributed by atoms with Crippen molar-refractivity contribution in [2.45, 2.75) is 26.0 Å². The highest BCUT2D eigenvalue weighted by Crippen LogP contribution is 2.32. The molecule has 22 heavy (non-hydrogen) atoms. The van der Waals surface area contributed by atoms with Gasteiger partial charge in [0.1, 0.15) is 12.4 Å². The lowest BCUT2D eigenvalue weighted by atomic mass is 10.1. The van der Waals surface area contributed by atoms with Crippen LogP contribution in [0.15, 0.2) is 48.5 Å². The van der Waals surface area contributed by atoms with Crippen molar-refractivity contribution in [2.24, 2.45) is 0 Å². The standard InChI is InChI=1S/C19H17NO2/c21-12-17-16-11-15(22-13-14-5-2-1-3-6-14)8-9-19(16)20-10-4-7-18(17)20/h1-3,5-6,8-9,11-12H,4,7,10,13H2. The minimum atomic E-state index is 0.538. The number of ether oxygens (including phenoxy) is 1. The minimum Gasteiger partial charge on any atom is -0.489 e. The molecular formula is C19H17NO2. The van der Waals surface area contributed by atoms with Gasteiger partial charge in [-0.1, -0.05) is 30.3 Å². The molecule has 110 valence electrons. The van der Waals surface area contributed by atoms with Gasteiger partial charge in [-0.2, -0.15) is 0 Å². The van der Waals surface area contributed by atoms with E-state index < -0.39 is 0 Å². The van der Waals surface area contributed by atoms with Crippen molar-refractivity contribution in [3.8, 4) is 5.75 Å². The fourth-order valence-electron chi connectivity index (χ4n) is 3.30. The Bertz CT molecular complexity index is 834. The smallest absolute Gasteiger partial charge is 0.152 e. The number of hydrogen-bond acceptors (Lipinski definition) is 2. The van der Waals surface area contributed by atoms with E-state index in [1.54, 1.807) is 0 Å². The van der Waals surface area contributed by atoms with E-state index in [0.717, 1.165) is 53.5 Å². The third-order valence-electron chi connectivity index (χ3n) is 4.35. The van der Waals surface area contributed by atoms with Crippen LogP contribution in [0.25, 0.3) is 10.9 Å². The zero-order valence-corrected chi connectivity index (χ0v) is 12.3. The molecule has 0 unspecified atom stereocenters. The molecule has 1 aromatic heterocycles. The van der Waals surface area contributed by atoms with Crippen LogP contribution < -0.4 is 4.74 Å². The van der Waals surface area contributed by atoms with Crippen molar-refractivity contribution < 1.29 is 9.53 Å². The van der Waals surface area contributed by atoms with E-state index in [9.17, 15) is 4.79 Å². The van der Waals surface area contributed by atoms with Crippen LogP contribution in [0.2, 0.25) is 0 Å². The van der Waals surface area contributed by atoms with E-state index in [-0.39, 0.29) is 0 Å². The second-order valence-electron chi connectivity index (χ2n) is 5.69. The van der Waals surface area contributed by atoms with Gasteiger partial charge in [0.05, 0.1) is 0 Å². The molecule has 0 bridgehead atoms. The zero-order chi connectivity index (χ0) is 14.9. The number of aryl methyl sites for hydroxylation is 1. The van der Waals surface area contributed by atoms with Gasteiger partial charge in [-0.05, 0) is 36.6 Å². The summed E-state index contributed by atoms with van der Waals surface area (Å²) in [6.07, 6.45) is 3.10. The molecule has 2 heterocycles. The zero-order valence-electron chi connectivity index (χ0n) is 12.3. The number of carbonyl (C=O) groups is 1. The van der Waals surface area contributed by atoms with Gasteiger partial charge in [0, 0.05) is 28.7 Å². The molecular weight excluding hydrogens is 274 g/mol. The lowest BCUT2D eigenvalue weighted by Crippen LogP contribution is -1.95. The average molecular weight is 291 g/mol. The summed E-state index contributed by atoms with van der Waals surface area (Å²) in [6, 6.07) is 16.1. The van der Waals surface area contributed by atoms with Crippen molar-refractivity contribution in [3.63, 3.8) is 0 Å². The molecule has 3 nitrogen and oxygen atoms in total. The number of nitrogens with zero attached hydrogens (tertiary/aromatic N) is 1. The van der Waals surface area contributed by atoms with Gasteiger partial charge < -0.3 is 9.30 Å². The highest BCUT2D eigenvalue weighted by atomic mass is 16.5. The molecule has 1 aliphatic heterocycles. The van der Waals surface area contributed by atoms with E-state index in [1.807, 2.05) is 42.5 Å². The van der Waals surface area contributed by atoms with E-state index in [2.05, 4.69) is 10.6 Å². The van der Waals surface area contributed by atoms with Gasteiger partial charge in [-0.15, -0.1) is 0 Å². The van der Waals surface area contributed by atoms with Gasteiger partial charge in [-0.3, -0.25) is 4.79 Å². The fourth-order valence-corrected chi connectivity index (χ4v) is 3.30. The number of carbonyl (C=O) groups excluding carboxylic acids is 1. The molecule has 0 saturated heterocycles. The highest BCUT2D eigenvalue weighted by Gasteiger charge is 2.20. The number of fused-ring (bicyclic) bond motifs is 3. The lowest BCUT2D eigenvalue weighted by Gasteiger charge is -2.07. The van der Waals surface area contributed by atoms with Crippen molar-refractivity contribution >= 4 is 17.2 Å². The van der Waals surface area contributed by atoms with Gasteiger partial charge in [0.25, 0.3) is 0 Å². The summed E-state index contributed by atoms with van der Waals surface area (Å²) >= 11 is 0. The molecule has 0 fully saturated rings. The van der Waals surface area contributed by atoms with Crippen molar-refractivity contribution in [1.29, 1.82) is 0 Å². The molecule has 0 aliphatic carbocycles. The SMILES string of the molecule is O=Cc1c2n(c3ccc(OCc4ccccc4)cc13)CCC2. The Morgan fingerprint density at radius 2 is 2.00 bits per heavy atom. The van der Waals surface area contributed by atoms with Gasteiger partial charge in [0.2, 0.25) is 0 Å². The fraction of sp³-hybridized carbons (Fsp3) is 0.211. The van der Waals surface area contributed by atoms with Crippen LogP contribution in [-0.2, 0) is 19.6 Å². The Kier molecular flexibility index (Phi) is 3.19. The topological polar surface area (TPSA) is 31.2 Å². The van der Waals surface area contributed by atoms with E-state index in [1.165, 1.54) is 5.69 Å². The Morgan fingerprint density at radius 1 is 1.14 bits per heavy atom. The van der Waals surface area contributed by atoms with Crippen molar-refractivity contribution in [3.05, 3.63) is 65.4 Å². The predicted octanol–water partition coefficient (Wildman–Crippen LogP) is 3.98. The second kappa shape index (κ2) is 5.34. The number of rotatable bonds is 4. The van der Waals surface area contributed by atoms with Gasteiger partial charge in [-0.25, -0.2) is 0 Å². The summed E-state index contributed by atoms with van der Waals surface area (Å²) < 4.78 is 8.14. The maximum absolute atomic E-state index is 11.5. The van der Waals surface area contributed by atoms with Gasteiger partial charge >= 0.3 is 0 Å². The molecule has 4 rings (SSSR count). The number of hydrogen-bond donors (Lipinski definition) is 0. The maximum Gasteiger partial charge on any atom is 0.152 e. The van der Waals surface area contributed by atoms with Crippen molar-refractivity contribution in [1.82, 2.24) is 4.57 Å². The van der Waals surface area contributed by atoms with E-state index in [0.29, 0.717) is 6.61 Å².